The maximum atomic E-state index is 14.1. The first-order chi connectivity index (χ1) is 14.7. The second kappa shape index (κ2) is 7.71. The van der Waals surface area contributed by atoms with E-state index in [0.29, 0.717) is 10.3 Å². The lowest BCUT2D eigenvalue weighted by Gasteiger charge is -2.35. The van der Waals surface area contributed by atoms with Gasteiger partial charge in [0.1, 0.15) is 11.3 Å². The van der Waals surface area contributed by atoms with Gasteiger partial charge in [0.15, 0.2) is 0 Å². The van der Waals surface area contributed by atoms with E-state index in [0.717, 1.165) is 0 Å². The summed E-state index contributed by atoms with van der Waals surface area (Å²) in [6.45, 7) is 3.17. The standard InChI is InChI=1S/C19H18F6N4O3/c1-9(2)8-12-26-14-13(17(28-12,18(20,21)22)19(23,24)25)15(30)27-16(31)29(14)10-4-6-11(32-3)7-5-10/h4-7,9H,8H2,1-3H3,(H,26,28)(H,27,30,31)/p+1. The van der Waals surface area contributed by atoms with Crippen LogP contribution in [0.5, 0.6) is 5.75 Å². The van der Waals surface area contributed by atoms with Gasteiger partial charge in [-0.2, -0.15) is 26.3 Å². The van der Waals surface area contributed by atoms with Gasteiger partial charge in [-0.15, -0.1) is 0 Å². The monoisotopic (exact) mass is 465 g/mol. The number of amidine groups is 1. The predicted molar refractivity (Wildman–Crippen MR) is 102 cm³/mol. The van der Waals surface area contributed by atoms with Crippen LogP contribution in [0.15, 0.2) is 33.9 Å². The Labute approximate surface area is 176 Å². The summed E-state index contributed by atoms with van der Waals surface area (Å²) in [5.74, 6) is -1.47. The van der Waals surface area contributed by atoms with E-state index in [4.69, 9.17) is 4.74 Å². The number of fused-ring (bicyclic) bond motifs is 1. The Morgan fingerprint density at radius 3 is 2.09 bits per heavy atom. The van der Waals surface area contributed by atoms with Crippen molar-refractivity contribution in [3.05, 3.63) is 50.7 Å². The number of H-pyrrole nitrogens is 1. The second-order valence-corrected chi connectivity index (χ2v) is 7.59. The van der Waals surface area contributed by atoms with Crippen LogP contribution >= 0.6 is 0 Å². The number of aromatic amines is 1. The number of nitrogens with one attached hydrogen (secondary N) is 3. The molecule has 0 aliphatic carbocycles. The Morgan fingerprint density at radius 2 is 1.62 bits per heavy atom. The molecule has 0 saturated carbocycles. The van der Waals surface area contributed by atoms with Crippen LogP contribution in [-0.2, 0) is 5.54 Å². The van der Waals surface area contributed by atoms with Crippen LogP contribution in [0.4, 0.5) is 32.2 Å². The van der Waals surface area contributed by atoms with Crippen molar-refractivity contribution >= 4 is 11.7 Å². The second-order valence-electron chi connectivity index (χ2n) is 7.59. The summed E-state index contributed by atoms with van der Waals surface area (Å²) in [5.41, 5.74) is -9.55. The molecule has 0 unspecified atom stereocenters. The van der Waals surface area contributed by atoms with Crippen molar-refractivity contribution in [1.82, 2.24) is 9.55 Å². The summed E-state index contributed by atoms with van der Waals surface area (Å²) in [4.78, 5) is 28.1. The summed E-state index contributed by atoms with van der Waals surface area (Å²) < 4.78 is 90.2. The lowest BCUT2D eigenvalue weighted by molar-refractivity contribution is -0.659. The van der Waals surface area contributed by atoms with Crippen molar-refractivity contribution in [3.8, 4) is 11.4 Å². The number of alkyl halides is 6. The Hall–Kier alpha value is -3.25. The molecule has 174 valence electrons. The Bertz CT molecular complexity index is 1150. The van der Waals surface area contributed by atoms with Crippen LogP contribution in [0.3, 0.4) is 0 Å². The van der Waals surface area contributed by atoms with Gasteiger partial charge in [-0.05, 0) is 30.2 Å². The molecule has 0 atom stereocenters. The highest BCUT2D eigenvalue weighted by molar-refractivity contribution is 5.93. The fraction of sp³-hybridized carbons (Fsp3) is 0.421. The van der Waals surface area contributed by atoms with Gasteiger partial charge in [0.25, 0.3) is 5.56 Å². The highest BCUT2D eigenvalue weighted by atomic mass is 19.4. The number of ether oxygens (including phenoxy) is 1. The van der Waals surface area contributed by atoms with Crippen LogP contribution in [-0.4, -0.2) is 34.8 Å². The van der Waals surface area contributed by atoms with Crippen LogP contribution in [0.1, 0.15) is 25.8 Å². The summed E-state index contributed by atoms with van der Waals surface area (Å²) in [5, 5.41) is 2.42. The van der Waals surface area contributed by atoms with Crippen molar-refractivity contribution in [2.24, 2.45) is 5.92 Å². The van der Waals surface area contributed by atoms with Crippen LogP contribution in [0, 0.1) is 5.92 Å². The van der Waals surface area contributed by atoms with E-state index in [1.165, 1.54) is 36.4 Å². The molecular formula is C19H19F6N4O3+. The number of hydrogen-bond donors (Lipinski definition) is 3. The van der Waals surface area contributed by atoms with Crippen LogP contribution in [0.25, 0.3) is 5.69 Å². The number of halogens is 6. The SMILES string of the molecule is COc1ccc(-n2c3c(c(=O)[nH]c2=O)C(C(F)(F)F)(C(F)(F)F)[NH+]=C(CC(C)C)N3)cc1. The molecule has 2 aromatic rings. The lowest BCUT2D eigenvalue weighted by atomic mass is 9.87. The molecule has 2 heterocycles. The zero-order valence-electron chi connectivity index (χ0n) is 17.0. The van der Waals surface area contributed by atoms with Crippen molar-refractivity contribution in [2.45, 2.75) is 38.2 Å². The zero-order chi connectivity index (χ0) is 24.1. The molecule has 1 aromatic carbocycles. The lowest BCUT2D eigenvalue weighted by Crippen LogP contribution is -2.97. The van der Waals surface area contributed by atoms with E-state index in [-0.39, 0.29) is 18.0 Å². The average molecular weight is 465 g/mol. The number of hydrogen-bond acceptors (Lipinski definition) is 4. The number of benzene rings is 1. The van der Waals surface area contributed by atoms with Crippen LogP contribution in [0.2, 0.25) is 0 Å². The topological polar surface area (TPSA) is 90.1 Å². The third-order valence-corrected chi connectivity index (χ3v) is 4.89. The minimum Gasteiger partial charge on any atom is -0.497 e. The first kappa shape index (κ1) is 23.4. The largest absolute Gasteiger partial charge is 0.497 e. The Balaban J connectivity index is 2.47. The molecule has 0 amide bonds. The molecule has 0 saturated heterocycles. The zero-order valence-corrected chi connectivity index (χ0v) is 17.0. The highest BCUT2D eigenvalue weighted by Gasteiger charge is 2.78. The fourth-order valence-corrected chi connectivity index (χ4v) is 3.54. The quantitative estimate of drug-likeness (QED) is 0.601. The van der Waals surface area contributed by atoms with E-state index >= 15 is 0 Å². The van der Waals surface area contributed by atoms with Gasteiger partial charge < -0.3 is 4.74 Å². The minimum atomic E-state index is -5.97. The van der Waals surface area contributed by atoms with Crippen molar-refractivity contribution in [2.75, 3.05) is 12.4 Å². The third kappa shape index (κ3) is 3.65. The molecule has 0 radical (unpaired) electrons. The molecule has 13 heteroatoms. The van der Waals surface area contributed by atoms with E-state index in [1.807, 2.05) is 0 Å². The first-order valence-corrected chi connectivity index (χ1v) is 9.31. The number of nitrogens with zero attached hydrogens (tertiary/aromatic N) is 1. The molecule has 1 aliphatic heterocycles. The van der Waals surface area contributed by atoms with Crippen molar-refractivity contribution in [3.63, 3.8) is 0 Å². The van der Waals surface area contributed by atoms with Gasteiger partial charge in [-0.25, -0.2) is 14.7 Å². The average Bonchev–Trinajstić information content (AvgIpc) is 2.65. The van der Waals surface area contributed by atoms with E-state index in [9.17, 15) is 35.9 Å². The van der Waals surface area contributed by atoms with Gasteiger partial charge in [-0.1, -0.05) is 13.8 Å². The van der Waals surface area contributed by atoms with Crippen molar-refractivity contribution in [1.29, 1.82) is 0 Å². The summed E-state index contributed by atoms with van der Waals surface area (Å²) in [6.07, 6.45) is -12.2. The Kier molecular flexibility index (Phi) is 5.64. The number of aromatic nitrogens is 2. The van der Waals surface area contributed by atoms with Gasteiger partial charge in [0.05, 0.1) is 19.2 Å². The third-order valence-electron chi connectivity index (χ3n) is 4.89. The predicted octanol–water partition coefficient (Wildman–Crippen LogP) is 1.81. The molecule has 1 aliphatic rings. The smallest absolute Gasteiger partial charge is 0.446 e. The van der Waals surface area contributed by atoms with Crippen molar-refractivity contribution < 1.29 is 36.1 Å². The summed E-state index contributed by atoms with van der Waals surface area (Å²) in [6, 6.07) is 5.24. The van der Waals surface area contributed by atoms with E-state index in [2.05, 4.69) is 5.32 Å². The maximum absolute atomic E-state index is 14.1. The van der Waals surface area contributed by atoms with E-state index < -0.39 is 46.4 Å². The fourth-order valence-electron chi connectivity index (χ4n) is 3.54. The van der Waals surface area contributed by atoms with E-state index in [1.54, 1.807) is 18.8 Å². The maximum Gasteiger partial charge on any atom is 0.446 e. The molecular weight excluding hydrogens is 446 g/mol. The van der Waals surface area contributed by atoms with Crippen LogP contribution < -0.4 is 26.3 Å². The molecule has 3 rings (SSSR count). The molecule has 32 heavy (non-hydrogen) atoms. The molecule has 3 N–H and O–H groups in total. The summed E-state index contributed by atoms with van der Waals surface area (Å²) >= 11 is 0. The Morgan fingerprint density at radius 1 is 1.06 bits per heavy atom. The van der Waals surface area contributed by atoms with Gasteiger partial charge in [0, 0.05) is 0 Å². The minimum absolute atomic E-state index is 0.0835. The molecule has 0 bridgehead atoms. The molecule has 0 spiro atoms. The number of methoxy groups -OCH3 is 1. The van der Waals surface area contributed by atoms with Gasteiger partial charge in [0.2, 0.25) is 11.7 Å². The molecule has 7 nitrogen and oxygen atoms in total. The van der Waals surface area contributed by atoms with Gasteiger partial charge in [-0.3, -0.25) is 14.8 Å². The van der Waals surface area contributed by atoms with Gasteiger partial charge >= 0.3 is 23.6 Å². The molecule has 0 fully saturated rings. The molecule has 1 aromatic heterocycles. The first-order valence-electron chi connectivity index (χ1n) is 9.31. The highest BCUT2D eigenvalue weighted by Crippen LogP contribution is 2.48. The normalized spacial score (nSPS) is 15.8. The summed E-state index contributed by atoms with van der Waals surface area (Å²) in [7, 11) is 1.35. The number of anilines is 1. The number of rotatable bonds is 4.